The van der Waals surface area contributed by atoms with Crippen LogP contribution in [0.2, 0.25) is 0 Å². The largest absolute Gasteiger partial charge is 0.497 e. The van der Waals surface area contributed by atoms with Gasteiger partial charge in [-0.05, 0) is 35.7 Å². The third-order valence-electron chi connectivity index (χ3n) is 4.44. The number of ether oxygens (including phenoxy) is 3. The summed E-state index contributed by atoms with van der Waals surface area (Å²) in [6.45, 7) is 0.757. The molecule has 0 saturated heterocycles. The first-order valence-corrected chi connectivity index (χ1v) is 9.59. The zero-order valence-corrected chi connectivity index (χ0v) is 17.8. The van der Waals surface area contributed by atoms with Crippen molar-refractivity contribution in [2.24, 2.45) is 5.92 Å². The van der Waals surface area contributed by atoms with E-state index in [0.29, 0.717) is 17.1 Å². The Morgan fingerprint density at radius 3 is 2.16 bits per heavy atom. The average molecular weight is 436 g/mol. The third kappa shape index (κ3) is 7.13. The van der Waals surface area contributed by atoms with Crippen molar-refractivity contribution in [1.29, 1.82) is 0 Å². The lowest BCUT2D eigenvalue weighted by Gasteiger charge is -2.22. The Labute approximate surface area is 179 Å². The molecule has 7 nitrogen and oxygen atoms in total. The van der Waals surface area contributed by atoms with Crippen molar-refractivity contribution in [3.63, 3.8) is 0 Å². The van der Waals surface area contributed by atoms with Crippen LogP contribution >= 0.6 is 0 Å². The zero-order chi connectivity index (χ0) is 23.0. The number of halogens is 2. The van der Waals surface area contributed by atoms with Crippen molar-refractivity contribution in [3.8, 4) is 17.2 Å². The number of alkyl halides is 2. The number of hydrogen-bond acceptors (Lipinski definition) is 5. The van der Waals surface area contributed by atoms with E-state index in [-0.39, 0.29) is 23.8 Å². The molecule has 1 unspecified atom stereocenters. The molecule has 0 fully saturated rings. The molecule has 2 N–H and O–H groups in total. The van der Waals surface area contributed by atoms with Crippen LogP contribution in [0.15, 0.2) is 42.5 Å². The first-order chi connectivity index (χ1) is 14.7. The van der Waals surface area contributed by atoms with Crippen LogP contribution in [-0.2, 0) is 11.3 Å². The van der Waals surface area contributed by atoms with Crippen molar-refractivity contribution in [3.05, 3.63) is 53.6 Å². The highest BCUT2D eigenvalue weighted by atomic mass is 19.3. The van der Waals surface area contributed by atoms with Crippen molar-refractivity contribution >= 4 is 11.8 Å². The predicted molar refractivity (Wildman–Crippen MR) is 111 cm³/mol. The summed E-state index contributed by atoms with van der Waals surface area (Å²) in [7, 11) is 2.95. The average Bonchev–Trinajstić information content (AvgIpc) is 2.74. The van der Waals surface area contributed by atoms with Crippen LogP contribution < -0.4 is 24.8 Å². The number of carbonyl (C=O) groups is 2. The lowest BCUT2D eigenvalue weighted by Crippen LogP contribution is -2.49. The highest BCUT2D eigenvalue weighted by Crippen LogP contribution is 2.23. The predicted octanol–water partition coefficient (Wildman–Crippen LogP) is 3.38. The van der Waals surface area contributed by atoms with Crippen molar-refractivity contribution in [2.45, 2.75) is 33.0 Å². The van der Waals surface area contributed by atoms with Gasteiger partial charge in [0.15, 0.2) is 0 Å². The lowest BCUT2D eigenvalue weighted by atomic mass is 10.0. The van der Waals surface area contributed by atoms with Crippen LogP contribution in [0.3, 0.4) is 0 Å². The van der Waals surface area contributed by atoms with Crippen LogP contribution in [0.1, 0.15) is 29.8 Å². The van der Waals surface area contributed by atoms with E-state index in [0.717, 1.165) is 0 Å². The molecule has 0 aliphatic rings. The molecule has 0 spiro atoms. The van der Waals surface area contributed by atoms with E-state index in [1.807, 2.05) is 0 Å². The molecular formula is C22H26F2N2O5. The second-order valence-corrected chi connectivity index (χ2v) is 7.04. The number of methoxy groups -OCH3 is 2. The number of carbonyl (C=O) groups excluding carboxylic acids is 2. The summed E-state index contributed by atoms with van der Waals surface area (Å²) in [4.78, 5) is 25.4. The Morgan fingerprint density at radius 1 is 0.968 bits per heavy atom. The fourth-order valence-electron chi connectivity index (χ4n) is 2.83. The fraction of sp³-hybridized carbons (Fsp3) is 0.364. The molecule has 1 atom stereocenters. The van der Waals surface area contributed by atoms with Gasteiger partial charge < -0.3 is 24.8 Å². The second-order valence-electron chi connectivity index (χ2n) is 7.04. The lowest BCUT2D eigenvalue weighted by molar-refractivity contribution is -0.124. The van der Waals surface area contributed by atoms with E-state index in [1.165, 1.54) is 26.4 Å². The molecule has 0 saturated carbocycles. The third-order valence-corrected chi connectivity index (χ3v) is 4.44. The molecule has 2 amide bonds. The van der Waals surface area contributed by atoms with Gasteiger partial charge in [0.05, 0.1) is 14.2 Å². The van der Waals surface area contributed by atoms with Gasteiger partial charge >= 0.3 is 6.61 Å². The minimum absolute atomic E-state index is 0.00225. The van der Waals surface area contributed by atoms with Gasteiger partial charge in [-0.2, -0.15) is 8.78 Å². The van der Waals surface area contributed by atoms with Gasteiger partial charge in [-0.15, -0.1) is 0 Å². The molecule has 168 valence electrons. The summed E-state index contributed by atoms with van der Waals surface area (Å²) in [5.74, 6) is -0.175. The highest BCUT2D eigenvalue weighted by molar-refractivity contribution is 5.98. The molecular weight excluding hydrogens is 410 g/mol. The molecule has 0 radical (unpaired) electrons. The number of benzene rings is 2. The number of amides is 2. The van der Waals surface area contributed by atoms with Crippen molar-refractivity contribution in [1.82, 2.24) is 10.6 Å². The van der Waals surface area contributed by atoms with Gasteiger partial charge in [0.1, 0.15) is 23.3 Å². The normalized spacial score (nSPS) is 11.7. The number of rotatable bonds is 10. The van der Waals surface area contributed by atoms with E-state index in [2.05, 4.69) is 15.4 Å². The Kier molecular flexibility index (Phi) is 8.60. The molecule has 2 aromatic rings. The van der Waals surface area contributed by atoms with Gasteiger partial charge in [0.2, 0.25) is 5.91 Å². The van der Waals surface area contributed by atoms with Crippen molar-refractivity contribution in [2.75, 3.05) is 14.2 Å². The van der Waals surface area contributed by atoms with Crippen LogP contribution in [0.25, 0.3) is 0 Å². The quantitative estimate of drug-likeness (QED) is 0.597. The van der Waals surface area contributed by atoms with E-state index >= 15 is 0 Å². The first kappa shape index (κ1) is 23.9. The van der Waals surface area contributed by atoms with Crippen LogP contribution in [0, 0.1) is 5.92 Å². The maximum atomic E-state index is 12.7. The van der Waals surface area contributed by atoms with E-state index in [1.54, 1.807) is 44.2 Å². The molecule has 9 heteroatoms. The molecule has 2 rings (SSSR count). The highest BCUT2D eigenvalue weighted by Gasteiger charge is 2.25. The summed E-state index contributed by atoms with van der Waals surface area (Å²) in [5.41, 5.74) is 0.865. The van der Waals surface area contributed by atoms with Crippen LogP contribution in [0.4, 0.5) is 8.78 Å². The summed E-state index contributed by atoms with van der Waals surface area (Å²) >= 11 is 0. The molecule has 0 aromatic heterocycles. The molecule has 0 heterocycles. The summed E-state index contributed by atoms with van der Waals surface area (Å²) in [5, 5.41) is 5.44. The fourth-order valence-corrected chi connectivity index (χ4v) is 2.83. The van der Waals surface area contributed by atoms with E-state index < -0.39 is 24.5 Å². The topological polar surface area (TPSA) is 85.9 Å². The SMILES string of the molecule is COc1cc(OC)cc(C(=O)NC(C(=O)NCc2cccc(OC(F)F)c2)C(C)C)c1. The summed E-state index contributed by atoms with van der Waals surface area (Å²) in [6, 6.07) is 9.94. The summed E-state index contributed by atoms with van der Waals surface area (Å²) in [6.07, 6.45) is 0. The first-order valence-electron chi connectivity index (χ1n) is 9.59. The molecule has 31 heavy (non-hydrogen) atoms. The standard InChI is InChI=1S/C22H26F2N2O5/c1-13(2)19(26-20(27)15-9-17(29-3)11-18(10-15)30-4)21(28)25-12-14-6-5-7-16(8-14)31-22(23)24/h5-11,13,19,22H,12H2,1-4H3,(H,25,28)(H,26,27). The summed E-state index contributed by atoms with van der Waals surface area (Å²) < 4.78 is 39.4. The molecule has 0 aliphatic carbocycles. The van der Waals surface area contributed by atoms with Crippen LogP contribution in [0.5, 0.6) is 17.2 Å². The number of nitrogens with one attached hydrogen (secondary N) is 2. The minimum atomic E-state index is -2.93. The van der Waals surface area contributed by atoms with Crippen molar-refractivity contribution < 1.29 is 32.6 Å². The molecule has 0 bridgehead atoms. The maximum absolute atomic E-state index is 12.7. The second kappa shape index (κ2) is 11.1. The Morgan fingerprint density at radius 2 is 1.61 bits per heavy atom. The Balaban J connectivity index is 2.07. The maximum Gasteiger partial charge on any atom is 0.387 e. The number of hydrogen-bond donors (Lipinski definition) is 2. The van der Waals surface area contributed by atoms with Gasteiger partial charge in [-0.25, -0.2) is 0 Å². The van der Waals surface area contributed by atoms with Crippen LogP contribution in [-0.4, -0.2) is 38.7 Å². The van der Waals surface area contributed by atoms with Gasteiger partial charge in [-0.1, -0.05) is 26.0 Å². The van der Waals surface area contributed by atoms with Gasteiger partial charge in [-0.3, -0.25) is 9.59 Å². The monoisotopic (exact) mass is 436 g/mol. The zero-order valence-electron chi connectivity index (χ0n) is 17.8. The Hall–Kier alpha value is -3.36. The minimum Gasteiger partial charge on any atom is -0.497 e. The van der Waals surface area contributed by atoms with Gasteiger partial charge in [0, 0.05) is 18.2 Å². The molecule has 2 aromatic carbocycles. The smallest absolute Gasteiger partial charge is 0.387 e. The van der Waals surface area contributed by atoms with E-state index in [4.69, 9.17) is 9.47 Å². The Bertz CT molecular complexity index is 883. The van der Waals surface area contributed by atoms with Gasteiger partial charge in [0.25, 0.3) is 5.91 Å². The molecule has 0 aliphatic heterocycles. The van der Waals surface area contributed by atoms with E-state index in [9.17, 15) is 18.4 Å².